The number of hydrogen-bond donors (Lipinski definition) is 2. The molecular formula is C16H14FN3O3S2. The summed E-state index contributed by atoms with van der Waals surface area (Å²) < 4.78 is 34.5. The Hall–Kier alpha value is -2.52. The maximum atomic E-state index is 13.7. The summed E-state index contributed by atoms with van der Waals surface area (Å²) in [6, 6.07) is 8.76. The van der Waals surface area contributed by atoms with E-state index in [4.69, 9.17) is 10.5 Å². The first-order valence-electron chi connectivity index (χ1n) is 7.29. The molecule has 1 aromatic heterocycles. The van der Waals surface area contributed by atoms with E-state index in [-0.39, 0.29) is 16.6 Å². The Morgan fingerprint density at radius 3 is 2.76 bits per heavy atom. The van der Waals surface area contributed by atoms with Crippen molar-refractivity contribution in [1.29, 1.82) is 0 Å². The topological polar surface area (TPSA) is 94.3 Å². The fourth-order valence-corrected chi connectivity index (χ4v) is 4.04. The van der Waals surface area contributed by atoms with Gasteiger partial charge in [-0.05, 0) is 43.3 Å². The molecule has 2 aromatic carbocycles. The fourth-order valence-electron chi connectivity index (χ4n) is 2.18. The Balaban J connectivity index is 1.84. The molecule has 1 unspecified atom stereocenters. The minimum atomic E-state index is -1.74. The minimum absolute atomic E-state index is 0.206. The third-order valence-corrected chi connectivity index (χ3v) is 5.21. The Labute approximate surface area is 149 Å². The van der Waals surface area contributed by atoms with Gasteiger partial charge in [-0.3, -0.25) is 0 Å². The van der Waals surface area contributed by atoms with E-state index in [0.717, 1.165) is 17.4 Å². The van der Waals surface area contributed by atoms with E-state index in [1.807, 2.05) is 0 Å². The van der Waals surface area contributed by atoms with Crippen LogP contribution < -0.4 is 10.5 Å². The molecule has 0 aliphatic heterocycles. The average molecular weight is 379 g/mol. The monoisotopic (exact) mass is 379 g/mol. The number of nitrogens with two attached hydrogens (primary N) is 1. The van der Waals surface area contributed by atoms with E-state index in [9.17, 15) is 13.4 Å². The molecule has 9 heteroatoms. The number of carbonyl (C=O) groups excluding carboxylic acids is 1. The number of anilines is 2. The number of nitrogen functional groups attached to an aromatic ring is 1. The number of hydrogen-bond acceptors (Lipinski definition) is 6. The zero-order valence-electron chi connectivity index (χ0n) is 13.1. The molecule has 0 saturated carbocycles. The first-order chi connectivity index (χ1) is 12.0. The van der Waals surface area contributed by atoms with Crippen molar-refractivity contribution in [3.8, 4) is 0 Å². The molecule has 0 fully saturated rings. The molecule has 1 heterocycles. The third-order valence-electron chi connectivity index (χ3n) is 3.25. The number of thiazole rings is 1. The molecule has 0 spiro atoms. The lowest BCUT2D eigenvalue weighted by Gasteiger charge is -2.08. The number of halogens is 1. The predicted molar refractivity (Wildman–Crippen MR) is 96.4 cm³/mol. The van der Waals surface area contributed by atoms with Crippen LogP contribution in [0.15, 0.2) is 41.3 Å². The van der Waals surface area contributed by atoms with Crippen molar-refractivity contribution in [2.24, 2.45) is 0 Å². The van der Waals surface area contributed by atoms with Gasteiger partial charge in [0.25, 0.3) is 0 Å². The van der Waals surface area contributed by atoms with E-state index >= 15 is 0 Å². The third kappa shape index (κ3) is 3.77. The summed E-state index contributed by atoms with van der Waals surface area (Å²) in [6.07, 6.45) is 0. The minimum Gasteiger partial charge on any atom is -0.462 e. The quantitative estimate of drug-likeness (QED) is 0.663. The van der Waals surface area contributed by atoms with E-state index in [2.05, 4.69) is 9.71 Å². The van der Waals surface area contributed by atoms with Gasteiger partial charge in [0.15, 0.2) is 16.1 Å². The van der Waals surface area contributed by atoms with Crippen LogP contribution in [0.25, 0.3) is 10.2 Å². The molecule has 130 valence electrons. The lowest BCUT2D eigenvalue weighted by molar-refractivity contribution is 0.0526. The molecule has 3 rings (SSSR count). The van der Waals surface area contributed by atoms with Gasteiger partial charge in [-0.15, -0.1) is 0 Å². The number of carbonyl (C=O) groups is 1. The zero-order chi connectivity index (χ0) is 18.0. The second kappa shape index (κ2) is 7.16. The lowest BCUT2D eigenvalue weighted by Crippen LogP contribution is -2.07. The highest BCUT2D eigenvalue weighted by atomic mass is 32.2. The highest BCUT2D eigenvalue weighted by Gasteiger charge is 2.15. The van der Waals surface area contributed by atoms with Gasteiger partial charge < -0.3 is 15.2 Å². The summed E-state index contributed by atoms with van der Waals surface area (Å²) in [5, 5.41) is 0.276. The molecule has 0 saturated heterocycles. The van der Waals surface area contributed by atoms with E-state index < -0.39 is 22.8 Å². The first-order valence-corrected chi connectivity index (χ1v) is 9.25. The Morgan fingerprint density at radius 1 is 1.36 bits per heavy atom. The summed E-state index contributed by atoms with van der Waals surface area (Å²) in [7, 11) is -1.74. The molecular weight excluding hydrogens is 365 g/mol. The van der Waals surface area contributed by atoms with Gasteiger partial charge in [-0.2, -0.15) is 0 Å². The molecule has 6 nitrogen and oxygen atoms in total. The summed E-state index contributed by atoms with van der Waals surface area (Å²) >= 11 is 1.13. The van der Waals surface area contributed by atoms with Crippen LogP contribution in [0.1, 0.15) is 17.3 Å². The van der Waals surface area contributed by atoms with Crippen LogP contribution >= 0.6 is 11.3 Å². The van der Waals surface area contributed by atoms with Crippen molar-refractivity contribution in [3.63, 3.8) is 0 Å². The van der Waals surface area contributed by atoms with Crippen LogP contribution in [-0.4, -0.2) is 21.8 Å². The van der Waals surface area contributed by atoms with Gasteiger partial charge in [-0.1, -0.05) is 11.3 Å². The summed E-state index contributed by atoms with van der Waals surface area (Å²) in [5.41, 5.74) is 6.95. The van der Waals surface area contributed by atoms with E-state index in [1.165, 1.54) is 6.07 Å². The smallest absolute Gasteiger partial charge is 0.338 e. The molecule has 0 aliphatic rings. The van der Waals surface area contributed by atoms with Gasteiger partial charge in [0.2, 0.25) is 0 Å². The van der Waals surface area contributed by atoms with Crippen LogP contribution in [0, 0.1) is 5.82 Å². The van der Waals surface area contributed by atoms with Crippen molar-refractivity contribution >= 4 is 49.3 Å². The van der Waals surface area contributed by atoms with Crippen molar-refractivity contribution in [3.05, 3.63) is 47.8 Å². The average Bonchev–Trinajstić information content (AvgIpc) is 2.94. The molecule has 25 heavy (non-hydrogen) atoms. The zero-order valence-corrected chi connectivity index (χ0v) is 14.7. The van der Waals surface area contributed by atoms with Crippen LogP contribution in [0.2, 0.25) is 0 Å². The van der Waals surface area contributed by atoms with Crippen molar-refractivity contribution in [2.45, 2.75) is 11.8 Å². The largest absolute Gasteiger partial charge is 0.462 e. The van der Waals surface area contributed by atoms with Crippen LogP contribution in [0.4, 0.5) is 15.2 Å². The fraction of sp³-hybridized carbons (Fsp3) is 0.125. The number of ether oxygens (including phenoxy) is 1. The van der Waals surface area contributed by atoms with Gasteiger partial charge in [-0.25, -0.2) is 18.4 Å². The van der Waals surface area contributed by atoms with E-state index in [1.54, 1.807) is 31.2 Å². The predicted octanol–water partition coefficient (Wildman–Crippen LogP) is 3.33. The van der Waals surface area contributed by atoms with Crippen molar-refractivity contribution in [1.82, 2.24) is 4.98 Å². The Morgan fingerprint density at radius 2 is 2.08 bits per heavy atom. The Bertz CT molecular complexity index is 957. The van der Waals surface area contributed by atoms with Crippen LogP contribution in [0.5, 0.6) is 0 Å². The molecule has 0 aliphatic carbocycles. The summed E-state index contributed by atoms with van der Waals surface area (Å²) in [5.74, 6) is -0.945. The second-order valence-corrected chi connectivity index (χ2v) is 7.22. The van der Waals surface area contributed by atoms with Crippen molar-refractivity contribution in [2.75, 3.05) is 17.1 Å². The number of rotatable bonds is 5. The highest BCUT2D eigenvalue weighted by Crippen LogP contribution is 2.30. The molecule has 3 aromatic rings. The van der Waals surface area contributed by atoms with Crippen LogP contribution in [0.3, 0.4) is 0 Å². The SMILES string of the molecule is CCOC(=O)c1ccc(NS(=O)c2cc(F)cc3sc(N)nc23)cc1. The summed E-state index contributed by atoms with van der Waals surface area (Å²) in [6.45, 7) is 2.01. The number of fused-ring (bicyclic) bond motifs is 1. The maximum absolute atomic E-state index is 13.7. The molecule has 3 N–H and O–H groups in total. The molecule has 0 amide bonds. The summed E-state index contributed by atoms with van der Waals surface area (Å²) in [4.78, 5) is 15.9. The van der Waals surface area contributed by atoms with Gasteiger partial charge >= 0.3 is 5.97 Å². The molecule has 0 bridgehead atoms. The van der Waals surface area contributed by atoms with Crippen LogP contribution in [-0.2, 0) is 15.7 Å². The Kier molecular flexibility index (Phi) is 4.95. The van der Waals surface area contributed by atoms with Gasteiger partial charge in [0.05, 0.1) is 21.8 Å². The maximum Gasteiger partial charge on any atom is 0.338 e. The standard InChI is InChI=1S/C16H14FN3O3S2/c1-2-23-15(21)9-3-5-11(6-4-9)20-25(22)13-8-10(17)7-12-14(13)19-16(18)24-12/h3-8,20H,2H2,1H3,(H2,18,19). The van der Waals surface area contributed by atoms with Gasteiger partial charge in [0, 0.05) is 5.69 Å². The number of aromatic nitrogens is 1. The highest BCUT2D eigenvalue weighted by molar-refractivity contribution is 7.86. The van der Waals surface area contributed by atoms with E-state index in [0.29, 0.717) is 21.5 Å². The normalized spacial score (nSPS) is 12.1. The first kappa shape index (κ1) is 17.3. The number of benzene rings is 2. The molecule has 1 atom stereocenters. The van der Waals surface area contributed by atoms with Gasteiger partial charge in [0.1, 0.15) is 11.3 Å². The lowest BCUT2D eigenvalue weighted by atomic mass is 10.2. The second-order valence-electron chi connectivity index (χ2n) is 4.97. The number of nitrogens with zero attached hydrogens (tertiary/aromatic N) is 1. The molecule has 0 radical (unpaired) electrons. The number of nitrogens with one attached hydrogen (secondary N) is 1. The van der Waals surface area contributed by atoms with Crippen molar-refractivity contribution < 1.29 is 18.1 Å². The number of esters is 1.